The fourth-order valence-corrected chi connectivity index (χ4v) is 3.09. The van der Waals surface area contributed by atoms with E-state index in [1.807, 2.05) is 0 Å². The van der Waals surface area contributed by atoms with Crippen molar-refractivity contribution < 1.29 is 17.0 Å². The quantitative estimate of drug-likeness (QED) is 0.689. The van der Waals surface area contributed by atoms with Crippen LogP contribution < -0.4 is 4.18 Å². The first kappa shape index (κ1) is 13.9. The molecule has 3 aromatic rings. The zero-order valence-electron chi connectivity index (χ0n) is 10.9. The molecule has 0 saturated heterocycles. The molecule has 0 saturated carbocycles. The van der Waals surface area contributed by atoms with Gasteiger partial charge in [-0.2, -0.15) is 8.42 Å². The van der Waals surface area contributed by atoms with Gasteiger partial charge in [0, 0.05) is 18.0 Å². The molecule has 0 aliphatic heterocycles. The standard InChI is InChI=1S/C14H10ClNO4S/c1-9-16-13-6-5-11(8-14(13)19-9)20-21(17,18)12-4-2-3-10(15)7-12/h2-8H,1H3. The van der Waals surface area contributed by atoms with Gasteiger partial charge in [-0.1, -0.05) is 17.7 Å². The molecular weight excluding hydrogens is 314 g/mol. The number of aryl methyl sites for hydroxylation is 1. The molecule has 7 heteroatoms. The second kappa shape index (κ2) is 5.05. The molecule has 0 spiro atoms. The first-order valence-electron chi connectivity index (χ1n) is 6.01. The van der Waals surface area contributed by atoms with Crippen molar-refractivity contribution in [1.29, 1.82) is 0 Å². The van der Waals surface area contributed by atoms with E-state index < -0.39 is 10.1 Å². The summed E-state index contributed by atoms with van der Waals surface area (Å²) in [4.78, 5) is 4.12. The third-order valence-corrected chi connectivity index (χ3v) is 4.24. The van der Waals surface area contributed by atoms with Gasteiger partial charge in [0.25, 0.3) is 0 Å². The van der Waals surface area contributed by atoms with E-state index in [-0.39, 0.29) is 10.6 Å². The Balaban J connectivity index is 1.96. The van der Waals surface area contributed by atoms with Gasteiger partial charge in [-0.25, -0.2) is 4.98 Å². The summed E-state index contributed by atoms with van der Waals surface area (Å²) >= 11 is 5.79. The molecular formula is C14H10ClNO4S. The van der Waals surface area contributed by atoms with Crippen molar-refractivity contribution in [1.82, 2.24) is 4.98 Å². The average Bonchev–Trinajstić information content (AvgIpc) is 2.77. The predicted molar refractivity (Wildman–Crippen MR) is 78.0 cm³/mol. The molecule has 0 N–H and O–H groups in total. The number of benzene rings is 2. The molecule has 0 aliphatic rings. The second-order valence-electron chi connectivity index (χ2n) is 4.36. The van der Waals surface area contributed by atoms with E-state index in [1.54, 1.807) is 25.1 Å². The van der Waals surface area contributed by atoms with Crippen molar-refractivity contribution in [2.45, 2.75) is 11.8 Å². The van der Waals surface area contributed by atoms with Crippen LogP contribution in [0.4, 0.5) is 0 Å². The molecule has 0 unspecified atom stereocenters. The van der Waals surface area contributed by atoms with E-state index in [0.29, 0.717) is 22.0 Å². The van der Waals surface area contributed by atoms with Crippen LogP contribution in [0.3, 0.4) is 0 Å². The maximum Gasteiger partial charge on any atom is 0.339 e. The van der Waals surface area contributed by atoms with Gasteiger partial charge in [0.05, 0.1) is 0 Å². The molecule has 3 rings (SSSR count). The van der Waals surface area contributed by atoms with Gasteiger partial charge < -0.3 is 8.60 Å². The highest BCUT2D eigenvalue weighted by atomic mass is 35.5. The molecule has 5 nitrogen and oxygen atoms in total. The minimum Gasteiger partial charge on any atom is -0.441 e. The SMILES string of the molecule is Cc1nc2ccc(OS(=O)(=O)c3cccc(Cl)c3)cc2o1. The van der Waals surface area contributed by atoms with Gasteiger partial charge in [0.15, 0.2) is 11.5 Å². The molecule has 2 aromatic carbocycles. The summed E-state index contributed by atoms with van der Waals surface area (Å²) < 4.78 is 34.8. The first-order valence-corrected chi connectivity index (χ1v) is 7.80. The molecule has 1 heterocycles. The summed E-state index contributed by atoms with van der Waals surface area (Å²) in [6.45, 7) is 1.71. The Kier molecular flexibility index (Phi) is 3.35. The molecule has 0 atom stereocenters. The van der Waals surface area contributed by atoms with Gasteiger partial charge in [-0.15, -0.1) is 0 Å². The molecule has 0 aliphatic carbocycles. The van der Waals surface area contributed by atoms with Crippen LogP contribution in [0.5, 0.6) is 5.75 Å². The third-order valence-electron chi connectivity index (χ3n) is 2.76. The second-order valence-corrected chi connectivity index (χ2v) is 6.34. The number of nitrogens with zero attached hydrogens (tertiary/aromatic N) is 1. The van der Waals surface area contributed by atoms with Crippen molar-refractivity contribution in [2.24, 2.45) is 0 Å². The van der Waals surface area contributed by atoms with E-state index in [0.717, 1.165) is 0 Å². The van der Waals surface area contributed by atoms with Crippen molar-refractivity contribution in [3.05, 3.63) is 53.4 Å². The summed E-state index contributed by atoms with van der Waals surface area (Å²) in [7, 11) is -3.94. The molecule has 0 radical (unpaired) electrons. The number of fused-ring (bicyclic) bond motifs is 1. The van der Waals surface area contributed by atoms with Crippen LogP contribution in [0, 0.1) is 6.92 Å². The Labute approximate surface area is 126 Å². The van der Waals surface area contributed by atoms with Gasteiger partial charge >= 0.3 is 10.1 Å². The topological polar surface area (TPSA) is 69.4 Å². The zero-order valence-corrected chi connectivity index (χ0v) is 12.5. The van der Waals surface area contributed by atoms with Crippen molar-refractivity contribution in [2.75, 3.05) is 0 Å². The number of halogens is 1. The van der Waals surface area contributed by atoms with Gasteiger partial charge in [0.1, 0.15) is 16.2 Å². The minimum absolute atomic E-state index is 0.0103. The summed E-state index contributed by atoms with van der Waals surface area (Å²) in [6.07, 6.45) is 0. The van der Waals surface area contributed by atoms with Crippen molar-refractivity contribution in [3.63, 3.8) is 0 Å². The normalized spacial score (nSPS) is 11.7. The van der Waals surface area contributed by atoms with Crippen LogP contribution in [0.15, 0.2) is 51.8 Å². The van der Waals surface area contributed by atoms with Gasteiger partial charge in [0.2, 0.25) is 0 Å². The lowest BCUT2D eigenvalue weighted by Gasteiger charge is -2.06. The summed E-state index contributed by atoms with van der Waals surface area (Å²) in [5.41, 5.74) is 1.10. The Morgan fingerprint density at radius 2 is 2.00 bits per heavy atom. The average molecular weight is 324 g/mol. The van der Waals surface area contributed by atoms with E-state index in [1.165, 1.54) is 24.3 Å². The van der Waals surface area contributed by atoms with E-state index in [2.05, 4.69) is 4.98 Å². The van der Waals surface area contributed by atoms with Crippen LogP contribution in [0.25, 0.3) is 11.1 Å². The van der Waals surface area contributed by atoms with Crippen LogP contribution in [0.2, 0.25) is 5.02 Å². The molecule has 0 bridgehead atoms. The van der Waals surface area contributed by atoms with Gasteiger partial charge in [-0.05, 0) is 30.3 Å². The van der Waals surface area contributed by atoms with Crippen LogP contribution in [-0.4, -0.2) is 13.4 Å². The highest BCUT2D eigenvalue weighted by Gasteiger charge is 2.17. The molecule has 0 fully saturated rings. The van der Waals surface area contributed by atoms with Crippen LogP contribution in [0.1, 0.15) is 5.89 Å². The van der Waals surface area contributed by atoms with E-state index in [9.17, 15) is 8.42 Å². The number of hydrogen-bond acceptors (Lipinski definition) is 5. The molecule has 0 amide bonds. The summed E-state index contributed by atoms with van der Waals surface area (Å²) in [5, 5.41) is 0.320. The van der Waals surface area contributed by atoms with Crippen LogP contribution in [-0.2, 0) is 10.1 Å². The van der Waals surface area contributed by atoms with E-state index >= 15 is 0 Å². The number of oxazole rings is 1. The highest BCUT2D eigenvalue weighted by molar-refractivity contribution is 7.87. The number of rotatable bonds is 3. The predicted octanol–water partition coefficient (Wildman–Crippen LogP) is 3.56. The summed E-state index contributed by atoms with van der Waals surface area (Å²) in [6, 6.07) is 10.5. The number of hydrogen-bond donors (Lipinski definition) is 0. The lowest BCUT2D eigenvalue weighted by atomic mass is 10.3. The minimum atomic E-state index is -3.94. The van der Waals surface area contributed by atoms with Crippen LogP contribution >= 0.6 is 11.6 Å². The van der Waals surface area contributed by atoms with Gasteiger partial charge in [-0.3, -0.25) is 0 Å². The van der Waals surface area contributed by atoms with Crippen molar-refractivity contribution >= 4 is 32.8 Å². The fourth-order valence-electron chi connectivity index (χ4n) is 1.87. The molecule has 21 heavy (non-hydrogen) atoms. The Bertz CT molecular complexity index is 918. The molecule has 1 aromatic heterocycles. The summed E-state index contributed by atoms with van der Waals surface area (Å²) in [5.74, 6) is 0.651. The smallest absolute Gasteiger partial charge is 0.339 e. The zero-order chi connectivity index (χ0) is 15.0. The Morgan fingerprint density at radius 1 is 1.19 bits per heavy atom. The first-order chi connectivity index (χ1) is 9.94. The maximum atomic E-state index is 12.2. The lowest BCUT2D eigenvalue weighted by molar-refractivity contribution is 0.485. The lowest BCUT2D eigenvalue weighted by Crippen LogP contribution is -2.09. The Hall–Kier alpha value is -2.05. The van der Waals surface area contributed by atoms with E-state index in [4.69, 9.17) is 20.2 Å². The molecule has 108 valence electrons. The fraction of sp³-hybridized carbons (Fsp3) is 0.0714. The largest absolute Gasteiger partial charge is 0.441 e. The maximum absolute atomic E-state index is 12.2. The monoisotopic (exact) mass is 323 g/mol. The Morgan fingerprint density at radius 3 is 2.76 bits per heavy atom. The van der Waals surface area contributed by atoms with Crippen molar-refractivity contribution in [3.8, 4) is 5.75 Å². The number of aromatic nitrogens is 1. The third kappa shape index (κ3) is 2.86. The highest BCUT2D eigenvalue weighted by Crippen LogP contribution is 2.25.